The van der Waals surface area contributed by atoms with E-state index in [1.807, 2.05) is 4.90 Å². The molecule has 1 atom stereocenters. The summed E-state index contributed by atoms with van der Waals surface area (Å²) >= 11 is 0. The highest BCUT2D eigenvalue weighted by Crippen LogP contribution is 2.18. The van der Waals surface area contributed by atoms with E-state index in [4.69, 9.17) is 5.73 Å². The quantitative estimate of drug-likeness (QED) is 0.911. The van der Waals surface area contributed by atoms with Crippen LogP contribution in [0.3, 0.4) is 0 Å². The minimum Gasteiger partial charge on any atom is -0.368 e. The van der Waals surface area contributed by atoms with E-state index >= 15 is 0 Å². The summed E-state index contributed by atoms with van der Waals surface area (Å²) in [7, 11) is 0. The average Bonchev–Trinajstić information content (AvgIpc) is 2.47. The molecule has 0 aliphatic carbocycles. The van der Waals surface area contributed by atoms with Crippen LogP contribution in [-0.4, -0.2) is 43.0 Å². The van der Waals surface area contributed by atoms with Gasteiger partial charge in [-0.1, -0.05) is 25.5 Å². The first kappa shape index (κ1) is 14.9. The van der Waals surface area contributed by atoms with Gasteiger partial charge in [0, 0.05) is 31.9 Å². The average molecular weight is 275 g/mol. The molecule has 1 heterocycles. The number of nitrogens with zero attached hydrogens (tertiary/aromatic N) is 2. The summed E-state index contributed by atoms with van der Waals surface area (Å²) in [6, 6.07) is 8.19. The van der Waals surface area contributed by atoms with Crippen molar-refractivity contribution in [2.75, 3.05) is 31.1 Å². The molecule has 0 spiro atoms. The standard InChI is InChI=1S/C16H25N3O/c1-3-5-15(17)16(20)19-10-8-18(9-11-19)14-7-4-6-13(2)12-14/h4,6-7,12,15H,3,5,8-11,17H2,1-2H3/t15-/m1/s1. The van der Waals surface area contributed by atoms with Crippen molar-refractivity contribution in [3.8, 4) is 0 Å². The van der Waals surface area contributed by atoms with Crippen LogP contribution in [0.4, 0.5) is 5.69 Å². The van der Waals surface area contributed by atoms with E-state index in [2.05, 4.69) is 43.0 Å². The topological polar surface area (TPSA) is 49.6 Å². The Hall–Kier alpha value is -1.55. The molecule has 0 radical (unpaired) electrons. The highest BCUT2D eigenvalue weighted by molar-refractivity contribution is 5.81. The van der Waals surface area contributed by atoms with Gasteiger partial charge in [0.05, 0.1) is 6.04 Å². The molecule has 2 N–H and O–H groups in total. The molecule has 4 heteroatoms. The summed E-state index contributed by atoms with van der Waals surface area (Å²) in [5.74, 6) is 0.107. The van der Waals surface area contributed by atoms with E-state index in [1.54, 1.807) is 0 Å². The predicted octanol–water partition coefficient (Wildman–Crippen LogP) is 1.77. The smallest absolute Gasteiger partial charge is 0.239 e. The summed E-state index contributed by atoms with van der Waals surface area (Å²) in [5.41, 5.74) is 8.43. The third-order valence-electron chi connectivity index (χ3n) is 3.88. The number of rotatable bonds is 4. The van der Waals surface area contributed by atoms with Gasteiger partial charge in [-0.2, -0.15) is 0 Å². The van der Waals surface area contributed by atoms with E-state index in [0.717, 1.165) is 39.0 Å². The normalized spacial score (nSPS) is 17.1. The molecule has 0 bridgehead atoms. The monoisotopic (exact) mass is 275 g/mol. The maximum atomic E-state index is 12.2. The second-order valence-electron chi connectivity index (χ2n) is 5.55. The van der Waals surface area contributed by atoms with E-state index < -0.39 is 0 Å². The van der Waals surface area contributed by atoms with Gasteiger partial charge in [-0.25, -0.2) is 0 Å². The summed E-state index contributed by atoms with van der Waals surface area (Å²) in [5, 5.41) is 0. The molecule has 110 valence electrons. The van der Waals surface area contributed by atoms with Gasteiger partial charge in [-0.05, 0) is 31.0 Å². The van der Waals surface area contributed by atoms with Crippen LogP contribution in [0.15, 0.2) is 24.3 Å². The molecule has 4 nitrogen and oxygen atoms in total. The number of piperazine rings is 1. The Bertz CT molecular complexity index is 453. The van der Waals surface area contributed by atoms with Crippen LogP contribution < -0.4 is 10.6 Å². The van der Waals surface area contributed by atoms with Crippen molar-refractivity contribution in [1.29, 1.82) is 0 Å². The van der Waals surface area contributed by atoms with Crippen LogP contribution in [0, 0.1) is 6.92 Å². The third kappa shape index (κ3) is 3.51. The lowest BCUT2D eigenvalue weighted by molar-refractivity contribution is -0.133. The predicted molar refractivity (Wildman–Crippen MR) is 82.9 cm³/mol. The molecule has 1 saturated heterocycles. The highest BCUT2D eigenvalue weighted by atomic mass is 16.2. The van der Waals surface area contributed by atoms with Gasteiger partial charge in [0.25, 0.3) is 0 Å². The van der Waals surface area contributed by atoms with Crippen LogP contribution in [0.25, 0.3) is 0 Å². The van der Waals surface area contributed by atoms with Crippen molar-refractivity contribution in [1.82, 2.24) is 4.90 Å². The van der Waals surface area contributed by atoms with Crippen LogP contribution in [-0.2, 0) is 4.79 Å². The van der Waals surface area contributed by atoms with Crippen LogP contribution in [0.2, 0.25) is 0 Å². The van der Waals surface area contributed by atoms with Gasteiger partial charge in [-0.15, -0.1) is 0 Å². The number of hydrogen-bond donors (Lipinski definition) is 1. The molecule has 0 saturated carbocycles. The van der Waals surface area contributed by atoms with Crippen molar-refractivity contribution >= 4 is 11.6 Å². The Morgan fingerprint density at radius 3 is 2.60 bits per heavy atom. The van der Waals surface area contributed by atoms with Gasteiger partial charge in [0.15, 0.2) is 0 Å². The third-order valence-corrected chi connectivity index (χ3v) is 3.88. The molecule has 1 aromatic rings. The fraction of sp³-hybridized carbons (Fsp3) is 0.562. The molecular formula is C16H25N3O. The Morgan fingerprint density at radius 2 is 2.00 bits per heavy atom. The van der Waals surface area contributed by atoms with Gasteiger partial charge in [0.1, 0.15) is 0 Å². The highest BCUT2D eigenvalue weighted by Gasteiger charge is 2.24. The Labute approximate surface area is 121 Å². The van der Waals surface area contributed by atoms with Crippen LogP contribution in [0.1, 0.15) is 25.3 Å². The summed E-state index contributed by atoms with van der Waals surface area (Å²) in [6.45, 7) is 7.46. The van der Waals surface area contributed by atoms with Gasteiger partial charge in [0.2, 0.25) is 5.91 Å². The largest absolute Gasteiger partial charge is 0.368 e. The first-order valence-electron chi connectivity index (χ1n) is 7.47. The Balaban J connectivity index is 1.91. The van der Waals surface area contributed by atoms with Gasteiger partial charge >= 0.3 is 0 Å². The lowest BCUT2D eigenvalue weighted by atomic mass is 10.1. The van der Waals surface area contributed by atoms with Crippen LogP contribution >= 0.6 is 0 Å². The number of amides is 1. The number of anilines is 1. The molecule has 0 aromatic heterocycles. The van der Waals surface area contributed by atoms with Gasteiger partial charge < -0.3 is 15.5 Å². The number of carbonyl (C=O) groups excluding carboxylic acids is 1. The number of carbonyl (C=O) groups is 1. The van der Waals surface area contributed by atoms with E-state index in [0.29, 0.717) is 0 Å². The Kier molecular flexibility index (Phi) is 5.01. The molecule has 0 unspecified atom stereocenters. The maximum Gasteiger partial charge on any atom is 0.239 e. The molecule has 1 fully saturated rings. The fourth-order valence-corrected chi connectivity index (χ4v) is 2.68. The lowest BCUT2D eigenvalue weighted by Crippen LogP contribution is -2.53. The minimum atomic E-state index is -0.328. The SMILES string of the molecule is CCC[C@@H](N)C(=O)N1CCN(c2cccc(C)c2)CC1. The van der Waals surface area contributed by atoms with E-state index in [9.17, 15) is 4.79 Å². The van der Waals surface area contributed by atoms with E-state index in [-0.39, 0.29) is 11.9 Å². The first-order chi connectivity index (χ1) is 9.61. The molecule has 20 heavy (non-hydrogen) atoms. The second kappa shape index (κ2) is 6.75. The number of nitrogens with two attached hydrogens (primary N) is 1. The summed E-state index contributed by atoms with van der Waals surface area (Å²) < 4.78 is 0. The maximum absolute atomic E-state index is 12.2. The number of benzene rings is 1. The van der Waals surface area contributed by atoms with Crippen molar-refractivity contribution in [3.05, 3.63) is 29.8 Å². The lowest BCUT2D eigenvalue weighted by Gasteiger charge is -2.37. The van der Waals surface area contributed by atoms with Crippen molar-refractivity contribution in [2.45, 2.75) is 32.7 Å². The molecular weight excluding hydrogens is 250 g/mol. The molecule has 1 aliphatic heterocycles. The van der Waals surface area contributed by atoms with Gasteiger partial charge in [-0.3, -0.25) is 4.79 Å². The molecule has 1 aromatic carbocycles. The van der Waals surface area contributed by atoms with Crippen molar-refractivity contribution in [3.63, 3.8) is 0 Å². The molecule has 1 aliphatic rings. The fourth-order valence-electron chi connectivity index (χ4n) is 2.68. The zero-order valence-corrected chi connectivity index (χ0v) is 12.5. The summed E-state index contributed by atoms with van der Waals surface area (Å²) in [4.78, 5) is 16.4. The summed E-state index contributed by atoms with van der Waals surface area (Å²) in [6.07, 6.45) is 1.73. The van der Waals surface area contributed by atoms with Crippen LogP contribution in [0.5, 0.6) is 0 Å². The zero-order valence-electron chi connectivity index (χ0n) is 12.5. The zero-order chi connectivity index (χ0) is 14.5. The molecule has 1 amide bonds. The minimum absolute atomic E-state index is 0.107. The second-order valence-corrected chi connectivity index (χ2v) is 5.55. The Morgan fingerprint density at radius 1 is 1.30 bits per heavy atom. The number of aryl methyl sites for hydroxylation is 1. The van der Waals surface area contributed by atoms with Crippen molar-refractivity contribution in [2.24, 2.45) is 5.73 Å². The van der Waals surface area contributed by atoms with E-state index in [1.165, 1.54) is 11.3 Å². The molecule has 2 rings (SSSR count). The van der Waals surface area contributed by atoms with Crippen molar-refractivity contribution < 1.29 is 4.79 Å². The number of hydrogen-bond acceptors (Lipinski definition) is 3. The first-order valence-corrected chi connectivity index (χ1v) is 7.47.